The fourth-order valence-electron chi connectivity index (χ4n) is 3.26. The smallest absolute Gasteiger partial charge is 0.240 e. The Morgan fingerprint density at radius 3 is 2.72 bits per heavy atom. The topological polar surface area (TPSA) is 44.4 Å². The second-order valence-electron chi connectivity index (χ2n) is 5.67. The zero-order valence-corrected chi connectivity index (χ0v) is 11.6. The first-order valence-corrected chi connectivity index (χ1v) is 7.52. The van der Waals surface area contributed by atoms with Gasteiger partial charge in [-0.15, -0.1) is 0 Å². The van der Waals surface area contributed by atoms with Gasteiger partial charge in [-0.1, -0.05) is 13.3 Å². The number of carbonyl (C=O) groups is 1. The fourth-order valence-corrected chi connectivity index (χ4v) is 3.26. The Morgan fingerprint density at radius 2 is 2.11 bits per heavy atom. The fraction of sp³-hybridized carbons (Fsp3) is 0.929. The molecular formula is C14H27N3O. The average Bonchev–Trinajstić information content (AvgIpc) is 3.01. The van der Waals surface area contributed by atoms with Crippen molar-refractivity contribution in [1.29, 1.82) is 0 Å². The van der Waals surface area contributed by atoms with Crippen LogP contribution in [0.1, 0.15) is 45.4 Å². The van der Waals surface area contributed by atoms with Gasteiger partial charge in [-0.05, 0) is 51.7 Å². The van der Waals surface area contributed by atoms with Gasteiger partial charge in [0.2, 0.25) is 5.91 Å². The van der Waals surface area contributed by atoms with Crippen LogP contribution in [0.3, 0.4) is 0 Å². The number of carbonyl (C=O) groups excluding carboxylic acids is 1. The Labute approximate surface area is 110 Å². The van der Waals surface area contributed by atoms with E-state index in [9.17, 15) is 4.79 Å². The van der Waals surface area contributed by atoms with Gasteiger partial charge in [0.25, 0.3) is 0 Å². The molecule has 2 rings (SSSR count). The highest BCUT2D eigenvalue weighted by molar-refractivity contribution is 5.86. The van der Waals surface area contributed by atoms with Crippen molar-refractivity contribution in [2.45, 2.75) is 51.0 Å². The zero-order chi connectivity index (χ0) is 12.8. The summed E-state index contributed by atoms with van der Waals surface area (Å²) in [6.45, 7) is 7.35. The van der Waals surface area contributed by atoms with Gasteiger partial charge in [0.15, 0.2) is 0 Å². The first-order valence-electron chi connectivity index (χ1n) is 7.52. The number of hydrogen-bond acceptors (Lipinski definition) is 3. The predicted molar refractivity (Wildman–Crippen MR) is 73.6 cm³/mol. The largest absolute Gasteiger partial charge is 0.353 e. The van der Waals surface area contributed by atoms with E-state index in [-0.39, 0.29) is 11.4 Å². The second kappa shape index (κ2) is 6.53. The minimum absolute atomic E-state index is 0.223. The molecule has 1 amide bonds. The van der Waals surface area contributed by atoms with Gasteiger partial charge in [-0.25, -0.2) is 0 Å². The summed E-state index contributed by atoms with van der Waals surface area (Å²) in [5.41, 5.74) is -0.264. The van der Waals surface area contributed by atoms with E-state index < -0.39 is 0 Å². The monoisotopic (exact) mass is 253 g/mol. The molecule has 104 valence electrons. The highest BCUT2D eigenvalue weighted by Gasteiger charge is 2.39. The Bertz CT molecular complexity index is 268. The SMILES string of the molecule is CCCC1(C(=O)NCCN2CCCC2)CCCN1. The number of nitrogens with one attached hydrogen (secondary N) is 2. The molecule has 0 spiro atoms. The summed E-state index contributed by atoms with van der Waals surface area (Å²) in [7, 11) is 0. The van der Waals surface area contributed by atoms with Gasteiger partial charge in [0, 0.05) is 13.1 Å². The molecule has 2 saturated heterocycles. The number of hydrogen-bond donors (Lipinski definition) is 2. The van der Waals surface area contributed by atoms with Crippen LogP contribution in [0.4, 0.5) is 0 Å². The molecule has 0 aromatic carbocycles. The van der Waals surface area contributed by atoms with Gasteiger partial charge in [-0.2, -0.15) is 0 Å². The van der Waals surface area contributed by atoms with Crippen LogP contribution in [0.5, 0.6) is 0 Å². The van der Waals surface area contributed by atoms with E-state index in [4.69, 9.17) is 0 Å². The van der Waals surface area contributed by atoms with Crippen LogP contribution in [0.2, 0.25) is 0 Å². The Morgan fingerprint density at radius 1 is 1.33 bits per heavy atom. The molecule has 0 aliphatic carbocycles. The lowest BCUT2D eigenvalue weighted by Crippen LogP contribution is -2.54. The summed E-state index contributed by atoms with van der Waals surface area (Å²) in [6.07, 6.45) is 6.77. The lowest BCUT2D eigenvalue weighted by Gasteiger charge is -2.28. The maximum absolute atomic E-state index is 12.3. The van der Waals surface area contributed by atoms with Gasteiger partial charge < -0.3 is 15.5 Å². The molecule has 0 saturated carbocycles. The molecule has 2 aliphatic heterocycles. The van der Waals surface area contributed by atoms with E-state index in [1.165, 1.54) is 25.9 Å². The van der Waals surface area contributed by atoms with Gasteiger partial charge in [-0.3, -0.25) is 4.79 Å². The van der Waals surface area contributed by atoms with Crippen molar-refractivity contribution in [3.8, 4) is 0 Å². The highest BCUT2D eigenvalue weighted by atomic mass is 16.2. The van der Waals surface area contributed by atoms with Crippen LogP contribution in [-0.2, 0) is 4.79 Å². The first kappa shape index (κ1) is 13.8. The van der Waals surface area contributed by atoms with Crippen LogP contribution in [0.15, 0.2) is 0 Å². The summed E-state index contributed by atoms with van der Waals surface area (Å²) < 4.78 is 0. The van der Waals surface area contributed by atoms with Crippen molar-refractivity contribution in [3.63, 3.8) is 0 Å². The van der Waals surface area contributed by atoms with Gasteiger partial charge in [0.1, 0.15) is 0 Å². The Balaban J connectivity index is 1.74. The van der Waals surface area contributed by atoms with E-state index in [0.29, 0.717) is 0 Å². The number of nitrogens with zero attached hydrogens (tertiary/aromatic N) is 1. The number of rotatable bonds is 6. The van der Waals surface area contributed by atoms with Crippen LogP contribution < -0.4 is 10.6 Å². The lowest BCUT2D eigenvalue weighted by molar-refractivity contribution is -0.127. The highest BCUT2D eigenvalue weighted by Crippen LogP contribution is 2.24. The molecule has 2 fully saturated rings. The summed E-state index contributed by atoms with van der Waals surface area (Å²) in [4.78, 5) is 14.8. The number of likely N-dealkylation sites (tertiary alicyclic amines) is 1. The molecule has 2 N–H and O–H groups in total. The third kappa shape index (κ3) is 3.23. The van der Waals surface area contributed by atoms with Crippen LogP contribution in [-0.4, -0.2) is 49.1 Å². The number of amides is 1. The summed E-state index contributed by atoms with van der Waals surface area (Å²) in [5, 5.41) is 6.56. The summed E-state index contributed by atoms with van der Waals surface area (Å²) in [6, 6.07) is 0. The van der Waals surface area contributed by atoms with Crippen LogP contribution in [0, 0.1) is 0 Å². The van der Waals surface area contributed by atoms with Crippen molar-refractivity contribution in [2.75, 3.05) is 32.7 Å². The molecule has 2 heterocycles. The average molecular weight is 253 g/mol. The molecule has 4 heteroatoms. The molecule has 4 nitrogen and oxygen atoms in total. The van der Waals surface area contributed by atoms with Crippen molar-refractivity contribution in [2.24, 2.45) is 0 Å². The van der Waals surface area contributed by atoms with Crippen molar-refractivity contribution in [3.05, 3.63) is 0 Å². The molecule has 18 heavy (non-hydrogen) atoms. The molecule has 0 bridgehead atoms. The van der Waals surface area contributed by atoms with E-state index in [2.05, 4.69) is 22.5 Å². The minimum atomic E-state index is -0.264. The maximum atomic E-state index is 12.3. The molecule has 1 atom stereocenters. The third-order valence-corrected chi connectivity index (χ3v) is 4.27. The van der Waals surface area contributed by atoms with Crippen LogP contribution >= 0.6 is 0 Å². The van der Waals surface area contributed by atoms with Gasteiger partial charge >= 0.3 is 0 Å². The Hall–Kier alpha value is -0.610. The predicted octanol–water partition coefficient (Wildman–Crippen LogP) is 1.12. The van der Waals surface area contributed by atoms with Gasteiger partial charge in [0.05, 0.1) is 5.54 Å². The third-order valence-electron chi connectivity index (χ3n) is 4.27. The van der Waals surface area contributed by atoms with E-state index in [1.54, 1.807) is 0 Å². The molecule has 0 radical (unpaired) electrons. The lowest BCUT2D eigenvalue weighted by atomic mass is 9.91. The molecular weight excluding hydrogens is 226 g/mol. The first-order chi connectivity index (χ1) is 8.77. The van der Waals surface area contributed by atoms with Crippen molar-refractivity contribution in [1.82, 2.24) is 15.5 Å². The summed E-state index contributed by atoms with van der Waals surface area (Å²) in [5.74, 6) is 0.223. The van der Waals surface area contributed by atoms with Crippen LogP contribution in [0.25, 0.3) is 0 Å². The van der Waals surface area contributed by atoms with Crippen molar-refractivity contribution < 1.29 is 4.79 Å². The van der Waals surface area contributed by atoms with E-state index in [1.807, 2.05) is 0 Å². The van der Waals surface area contributed by atoms with E-state index in [0.717, 1.165) is 45.3 Å². The second-order valence-corrected chi connectivity index (χ2v) is 5.67. The standard InChI is InChI=1S/C14H27N3O/c1-2-6-14(7-5-8-16-14)13(18)15-9-12-17-10-3-4-11-17/h16H,2-12H2,1H3,(H,15,18). The Kier molecular flexibility index (Phi) is 5.01. The van der Waals surface area contributed by atoms with Crippen molar-refractivity contribution >= 4 is 5.91 Å². The molecule has 0 aromatic heterocycles. The summed E-state index contributed by atoms with van der Waals surface area (Å²) >= 11 is 0. The quantitative estimate of drug-likeness (QED) is 0.745. The molecule has 2 aliphatic rings. The molecule has 1 unspecified atom stereocenters. The minimum Gasteiger partial charge on any atom is -0.353 e. The molecule has 0 aromatic rings. The van der Waals surface area contributed by atoms with E-state index >= 15 is 0 Å². The zero-order valence-electron chi connectivity index (χ0n) is 11.6. The maximum Gasteiger partial charge on any atom is 0.240 e. The normalized spacial score (nSPS) is 28.7.